The van der Waals surface area contributed by atoms with E-state index < -0.39 is 5.69 Å². The van der Waals surface area contributed by atoms with E-state index in [-0.39, 0.29) is 17.9 Å². The standard InChI is InChI=1S/C11H16N2O4/c1-7-5-13(11(15)12-10(7)14)9-4-3-8(17-9)6-16-2/h5,8-9H,3-4,6H2,1-2H3,(H,12,14,15)/t8-,9+/m0/s1. The molecule has 1 aliphatic heterocycles. The normalized spacial score (nSPS) is 24.1. The van der Waals surface area contributed by atoms with E-state index in [1.807, 2.05) is 0 Å². The first kappa shape index (κ1) is 12.1. The van der Waals surface area contributed by atoms with Crippen molar-refractivity contribution in [3.8, 4) is 0 Å². The Labute approximate surface area is 98.2 Å². The topological polar surface area (TPSA) is 73.3 Å². The first-order valence-corrected chi connectivity index (χ1v) is 5.58. The number of aromatic amines is 1. The fourth-order valence-electron chi connectivity index (χ4n) is 2.00. The van der Waals surface area contributed by atoms with Gasteiger partial charge in [-0.05, 0) is 19.8 Å². The van der Waals surface area contributed by atoms with Crippen LogP contribution in [-0.4, -0.2) is 29.4 Å². The second-order valence-electron chi connectivity index (χ2n) is 4.22. The van der Waals surface area contributed by atoms with Gasteiger partial charge in [0.25, 0.3) is 5.56 Å². The number of aromatic nitrogens is 2. The van der Waals surface area contributed by atoms with Crippen molar-refractivity contribution in [2.45, 2.75) is 32.1 Å². The SMILES string of the molecule is COC[C@@H]1CC[C@H](n2cc(C)c(=O)[nH]c2=O)O1. The number of hydrogen-bond acceptors (Lipinski definition) is 4. The molecule has 0 aliphatic carbocycles. The summed E-state index contributed by atoms with van der Waals surface area (Å²) < 4.78 is 12.1. The molecule has 1 saturated heterocycles. The van der Waals surface area contributed by atoms with Gasteiger partial charge < -0.3 is 9.47 Å². The fourth-order valence-corrected chi connectivity index (χ4v) is 2.00. The molecule has 0 saturated carbocycles. The Kier molecular flexibility index (Phi) is 3.44. The van der Waals surface area contributed by atoms with Gasteiger partial charge in [0, 0.05) is 18.9 Å². The highest BCUT2D eigenvalue weighted by molar-refractivity contribution is 5.01. The molecule has 2 rings (SSSR count). The van der Waals surface area contributed by atoms with Crippen molar-refractivity contribution in [2.75, 3.05) is 13.7 Å². The van der Waals surface area contributed by atoms with Gasteiger partial charge in [-0.15, -0.1) is 0 Å². The number of H-pyrrole nitrogens is 1. The molecule has 0 spiro atoms. The molecule has 6 nitrogen and oxygen atoms in total. The van der Waals surface area contributed by atoms with Crippen molar-refractivity contribution in [3.05, 3.63) is 32.6 Å². The number of aryl methyl sites for hydroxylation is 1. The van der Waals surface area contributed by atoms with Crippen LogP contribution >= 0.6 is 0 Å². The van der Waals surface area contributed by atoms with Crippen LogP contribution in [0.5, 0.6) is 0 Å². The number of ether oxygens (including phenoxy) is 2. The first-order chi connectivity index (χ1) is 8.11. The van der Waals surface area contributed by atoms with E-state index in [9.17, 15) is 9.59 Å². The van der Waals surface area contributed by atoms with Gasteiger partial charge in [-0.1, -0.05) is 0 Å². The molecule has 1 N–H and O–H groups in total. The Hall–Kier alpha value is -1.40. The van der Waals surface area contributed by atoms with Crippen molar-refractivity contribution < 1.29 is 9.47 Å². The van der Waals surface area contributed by atoms with Crippen molar-refractivity contribution in [2.24, 2.45) is 0 Å². The summed E-state index contributed by atoms with van der Waals surface area (Å²) in [6.07, 6.45) is 2.85. The van der Waals surface area contributed by atoms with Gasteiger partial charge in [-0.3, -0.25) is 14.3 Å². The zero-order chi connectivity index (χ0) is 12.4. The highest BCUT2D eigenvalue weighted by atomic mass is 16.5. The maximum absolute atomic E-state index is 11.6. The van der Waals surface area contributed by atoms with Crippen LogP contribution < -0.4 is 11.2 Å². The van der Waals surface area contributed by atoms with E-state index in [2.05, 4.69) is 4.98 Å². The minimum atomic E-state index is -0.427. The van der Waals surface area contributed by atoms with E-state index in [0.29, 0.717) is 12.2 Å². The Morgan fingerprint density at radius 3 is 3.00 bits per heavy atom. The van der Waals surface area contributed by atoms with Gasteiger partial charge >= 0.3 is 5.69 Å². The second-order valence-corrected chi connectivity index (χ2v) is 4.22. The van der Waals surface area contributed by atoms with Crippen LogP contribution in [0.4, 0.5) is 0 Å². The molecule has 1 aromatic heterocycles. The molecule has 6 heteroatoms. The molecule has 0 unspecified atom stereocenters. The van der Waals surface area contributed by atoms with Crippen molar-refractivity contribution >= 4 is 0 Å². The Morgan fingerprint density at radius 2 is 2.29 bits per heavy atom. The molecular weight excluding hydrogens is 224 g/mol. The average Bonchev–Trinajstić information content (AvgIpc) is 2.72. The number of rotatable bonds is 3. The summed E-state index contributed by atoms with van der Waals surface area (Å²) in [6.45, 7) is 2.18. The minimum absolute atomic E-state index is 0.0177. The monoisotopic (exact) mass is 240 g/mol. The van der Waals surface area contributed by atoms with Gasteiger partial charge in [0.15, 0.2) is 0 Å². The number of nitrogens with zero attached hydrogens (tertiary/aromatic N) is 1. The van der Waals surface area contributed by atoms with Crippen LogP contribution in [0.2, 0.25) is 0 Å². The maximum Gasteiger partial charge on any atom is 0.330 e. The molecular formula is C11H16N2O4. The Morgan fingerprint density at radius 1 is 1.53 bits per heavy atom. The number of hydrogen-bond donors (Lipinski definition) is 1. The second kappa shape index (κ2) is 4.85. The average molecular weight is 240 g/mol. The van der Waals surface area contributed by atoms with Crippen LogP contribution in [0.15, 0.2) is 15.8 Å². The molecule has 2 heterocycles. The third kappa shape index (κ3) is 2.48. The van der Waals surface area contributed by atoms with Crippen LogP contribution in [-0.2, 0) is 9.47 Å². The molecule has 0 radical (unpaired) electrons. The largest absolute Gasteiger partial charge is 0.382 e. The smallest absolute Gasteiger partial charge is 0.330 e. The van der Waals surface area contributed by atoms with Gasteiger partial charge in [0.2, 0.25) is 0 Å². The summed E-state index contributed by atoms with van der Waals surface area (Å²) in [5.74, 6) is 0. The minimum Gasteiger partial charge on any atom is -0.382 e. The molecule has 2 atom stereocenters. The summed E-state index contributed by atoms with van der Waals surface area (Å²) in [6, 6.07) is 0. The van der Waals surface area contributed by atoms with E-state index in [4.69, 9.17) is 9.47 Å². The lowest BCUT2D eigenvalue weighted by Crippen LogP contribution is -2.33. The first-order valence-electron chi connectivity index (χ1n) is 5.58. The zero-order valence-corrected chi connectivity index (χ0v) is 9.93. The Bertz CT molecular complexity index is 505. The lowest BCUT2D eigenvalue weighted by Gasteiger charge is -2.15. The van der Waals surface area contributed by atoms with Crippen LogP contribution in [0, 0.1) is 6.92 Å². The van der Waals surface area contributed by atoms with Gasteiger partial charge in [0.05, 0.1) is 12.7 Å². The quantitative estimate of drug-likeness (QED) is 0.817. The molecule has 1 aromatic rings. The lowest BCUT2D eigenvalue weighted by atomic mass is 10.2. The summed E-state index contributed by atoms with van der Waals surface area (Å²) in [5.41, 5.74) is -0.273. The summed E-state index contributed by atoms with van der Waals surface area (Å²) in [5, 5.41) is 0. The maximum atomic E-state index is 11.6. The molecule has 94 valence electrons. The molecule has 0 aromatic carbocycles. The predicted octanol–water partition coefficient (Wildman–Crippen LogP) is 0.169. The third-order valence-corrected chi connectivity index (χ3v) is 2.89. The van der Waals surface area contributed by atoms with Crippen molar-refractivity contribution in [1.82, 2.24) is 9.55 Å². The van der Waals surface area contributed by atoms with E-state index in [0.717, 1.165) is 12.8 Å². The number of nitrogens with one attached hydrogen (secondary N) is 1. The molecule has 1 aliphatic rings. The van der Waals surface area contributed by atoms with Gasteiger partial charge in [-0.25, -0.2) is 4.79 Å². The highest BCUT2D eigenvalue weighted by Gasteiger charge is 2.27. The summed E-state index contributed by atoms with van der Waals surface area (Å²) in [4.78, 5) is 25.2. The summed E-state index contributed by atoms with van der Waals surface area (Å²) >= 11 is 0. The van der Waals surface area contributed by atoms with E-state index in [1.165, 1.54) is 4.57 Å². The molecule has 0 amide bonds. The fraction of sp³-hybridized carbons (Fsp3) is 0.636. The molecule has 1 fully saturated rings. The van der Waals surface area contributed by atoms with Crippen LogP contribution in [0.1, 0.15) is 24.6 Å². The van der Waals surface area contributed by atoms with Crippen LogP contribution in [0.25, 0.3) is 0 Å². The Balaban J connectivity index is 2.22. The van der Waals surface area contributed by atoms with E-state index >= 15 is 0 Å². The molecule has 17 heavy (non-hydrogen) atoms. The third-order valence-electron chi connectivity index (χ3n) is 2.89. The molecule has 0 bridgehead atoms. The van der Waals surface area contributed by atoms with Crippen LogP contribution in [0.3, 0.4) is 0 Å². The summed E-state index contributed by atoms with van der Waals surface area (Å²) in [7, 11) is 1.62. The number of methoxy groups -OCH3 is 1. The van der Waals surface area contributed by atoms with E-state index in [1.54, 1.807) is 20.2 Å². The predicted molar refractivity (Wildman–Crippen MR) is 61.1 cm³/mol. The zero-order valence-electron chi connectivity index (χ0n) is 9.93. The van der Waals surface area contributed by atoms with Crippen molar-refractivity contribution in [1.29, 1.82) is 0 Å². The van der Waals surface area contributed by atoms with Gasteiger partial charge in [0.1, 0.15) is 6.23 Å². The van der Waals surface area contributed by atoms with Gasteiger partial charge in [-0.2, -0.15) is 0 Å². The lowest BCUT2D eigenvalue weighted by molar-refractivity contribution is -0.0336. The highest BCUT2D eigenvalue weighted by Crippen LogP contribution is 2.26. The van der Waals surface area contributed by atoms with Crippen molar-refractivity contribution in [3.63, 3.8) is 0 Å².